The molecule has 5 N–H and O–H groups in total. The molecule has 1 radical (unpaired) electrons. The number of aliphatic hydroxyl groups is 4. The number of piperidine rings is 1. The molecule has 0 spiro atoms. The molecule has 10 nitrogen and oxygen atoms in total. The van der Waals surface area contributed by atoms with Crippen molar-refractivity contribution in [1.29, 1.82) is 0 Å². The number of unbranched alkanes of at least 4 members (excludes halogenated alkanes) is 14. The number of aliphatic hydroxyl groups excluding tert-OH is 4. The maximum absolute atomic E-state index is 12.6. The predicted molar refractivity (Wildman–Crippen MR) is 166 cm³/mol. The first kappa shape index (κ1) is 39.7. The van der Waals surface area contributed by atoms with Crippen LogP contribution >= 0.6 is 0 Å². The van der Waals surface area contributed by atoms with Crippen molar-refractivity contribution in [3.8, 4) is 0 Å². The summed E-state index contributed by atoms with van der Waals surface area (Å²) in [4.78, 5) is 24.6. The largest absolute Gasteiger partial charge is 0.463 e. The molecule has 43 heavy (non-hydrogen) atoms. The number of nitrogens with zero attached hydrogens (tertiary/aromatic N) is 1. The first-order chi connectivity index (χ1) is 20.2. The van der Waals surface area contributed by atoms with E-state index in [0.717, 1.165) is 24.3 Å². The minimum absolute atomic E-state index is 0.198. The zero-order valence-electron chi connectivity index (χ0n) is 27.7. The monoisotopic (exact) mass is 615 g/mol. The Kier molecular flexibility index (Phi) is 19.1. The molecule has 1 fully saturated rings. The highest BCUT2D eigenvalue weighted by molar-refractivity contribution is 5.81. The van der Waals surface area contributed by atoms with Gasteiger partial charge in [0.15, 0.2) is 6.10 Å². The van der Waals surface area contributed by atoms with E-state index in [2.05, 4.69) is 12.2 Å². The topological polar surface area (TPSA) is 159 Å². The zero-order valence-corrected chi connectivity index (χ0v) is 27.7. The quantitative estimate of drug-likeness (QED) is 0.0816. The van der Waals surface area contributed by atoms with Crippen LogP contribution < -0.4 is 5.32 Å². The van der Waals surface area contributed by atoms with Crippen LogP contribution in [0.4, 0.5) is 0 Å². The van der Waals surface area contributed by atoms with E-state index in [1.165, 1.54) is 70.6 Å². The highest BCUT2D eigenvalue weighted by Crippen LogP contribution is 2.37. The number of esters is 1. The summed E-state index contributed by atoms with van der Waals surface area (Å²) >= 11 is 0. The smallest absolute Gasteiger partial charge is 0.305 e. The van der Waals surface area contributed by atoms with Gasteiger partial charge in [-0.25, -0.2) is 0 Å². The van der Waals surface area contributed by atoms with Gasteiger partial charge in [0, 0.05) is 23.5 Å². The number of hydrogen-bond acceptors (Lipinski definition) is 8. The number of amides is 1. The van der Waals surface area contributed by atoms with Crippen LogP contribution in [0.3, 0.4) is 0 Å². The van der Waals surface area contributed by atoms with Gasteiger partial charge in [0.2, 0.25) is 0 Å². The van der Waals surface area contributed by atoms with Crippen LogP contribution in [-0.4, -0.2) is 85.5 Å². The number of hydroxylamine groups is 2. The van der Waals surface area contributed by atoms with E-state index < -0.39 is 60.0 Å². The summed E-state index contributed by atoms with van der Waals surface area (Å²) in [5, 5.41) is 57.2. The fourth-order valence-electron chi connectivity index (χ4n) is 6.21. The third-order valence-electron chi connectivity index (χ3n) is 8.67. The molecule has 1 saturated heterocycles. The number of carbonyl (C=O) groups excluding carboxylic acids is 2. The van der Waals surface area contributed by atoms with Crippen molar-refractivity contribution in [2.24, 2.45) is 0 Å². The molecule has 1 aliphatic heterocycles. The highest BCUT2D eigenvalue weighted by Gasteiger charge is 2.47. The lowest BCUT2D eigenvalue weighted by Crippen LogP contribution is -2.63. The summed E-state index contributed by atoms with van der Waals surface area (Å²) in [6.07, 6.45) is 11.7. The Bertz CT molecular complexity index is 760. The van der Waals surface area contributed by atoms with E-state index in [1.807, 2.05) is 0 Å². The Balaban J connectivity index is 2.17. The molecular weight excluding hydrogens is 552 g/mol. The van der Waals surface area contributed by atoms with Crippen LogP contribution in [0.2, 0.25) is 0 Å². The third kappa shape index (κ3) is 15.5. The van der Waals surface area contributed by atoms with E-state index in [0.29, 0.717) is 19.3 Å². The Labute approximate surface area is 260 Å². The van der Waals surface area contributed by atoms with E-state index in [1.54, 1.807) is 27.7 Å². The molecule has 253 valence electrons. The molecule has 1 amide bonds. The first-order valence-corrected chi connectivity index (χ1v) is 16.9. The third-order valence-corrected chi connectivity index (χ3v) is 8.67. The van der Waals surface area contributed by atoms with Crippen LogP contribution in [0.5, 0.6) is 0 Å². The summed E-state index contributed by atoms with van der Waals surface area (Å²) in [6.45, 7) is 8.77. The SMILES string of the molecule is CCCCCCCCCCCCCCCCCC(=O)OCC(O)C(O)C(O)C(O)C(=O)NC1CC(C)(C)N([O])C(C)(C)C1. The van der Waals surface area contributed by atoms with Gasteiger partial charge in [0.25, 0.3) is 5.91 Å². The Morgan fingerprint density at radius 3 is 1.60 bits per heavy atom. The average Bonchev–Trinajstić information content (AvgIpc) is 2.95. The standard InChI is InChI=1S/C33H63N2O8/c1-6-7-8-9-10-11-12-13-14-15-16-17-18-19-20-21-27(37)43-24-26(36)28(38)29(39)30(40)31(41)34-25-22-32(2,3)35(42)33(4,5)23-25/h25-26,28-30,36,38-40H,6-24H2,1-5H3,(H,34,41). The molecule has 10 heteroatoms. The lowest BCUT2D eigenvalue weighted by Gasteiger charge is -2.50. The van der Waals surface area contributed by atoms with Gasteiger partial charge in [0.05, 0.1) is 0 Å². The van der Waals surface area contributed by atoms with E-state index >= 15 is 0 Å². The number of rotatable bonds is 23. The molecule has 0 bridgehead atoms. The van der Waals surface area contributed by atoms with Crippen molar-refractivity contribution in [3.63, 3.8) is 0 Å². The number of nitrogens with one attached hydrogen (secondary N) is 1. The fraction of sp³-hybridized carbons (Fsp3) is 0.939. The molecule has 1 aliphatic rings. The molecule has 0 aromatic heterocycles. The van der Waals surface area contributed by atoms with Crippen LogP contribution in [0.25, 0.3) is 0 Å². The van der Waals surface area contributed by atoms with Crippen molar-refractivity contribution in [3.05, 3.63) is 0 Å². The maximum atomic E-state index is 12.6. The van der Waals surface area contributed by atoms with Gasteiger partial charge in [-0.2, -0.15) is 0 Å². The second kappa shape index (κ2) is 20.7. The fourth-order valence-corrected chi connectivity index (χ4v) is 6.21. The lowest BCUT2D eigenvalue weighted by molar-refractivity contribution is -0.290. The summed E-state index contributed by atoms with van der Waals surface area (Å²) in [5.41, 5.74) is -1.48. The maximum Gasteiger partial charge on any atom is 0.305 e. The second-order valence-corrected chi connectivity index (χ2v) is 13.9. The summed E-state index contributed by atoms with van der Waals surface area (Å²) in [7, 11) is 0. The van der Waals surface area contributed by atoms with Gasteiger partial charge in [0.1, 0.15) is 24.9 Å². The minimum atomic E-state index is -2.02. The minimum Gasteiger partial charge on any atom is -0.463 e. The number of carbonyl (C=O) groups is 2. The Hall–Kier alpha value is -1.30. The summed E-state index contributed by atoms with van der Waals surface area (Å²) in [6, 6.07) is -0.424. The van der Waals surface area contributed by atoms with Crippen LogP contribution in [0, 0.1) is 0 Å². The molecular formula is C33H63N2O8. The summed E-state index contributed by atoms with van der Waals surface area (Å²) < 4.78 is 5.04. The molecule has 1 heterocycles. The molecule has 0 saturated carbocycles. The van der Waals surface area contributed by atoms with E-state index in [-0.39, 0.29) is 6.42 Å². The molecule has 0 aromatic carbocycles. The molecule has 1 rings (SSSR count). The van der Waals surface area contributed by atoms with Gasteiger partial charge < -0.3 is 30.5 Å². The van der Waals surface area contributed by atoms with Crippen LogP contribution in [0.15, 0.2) is 0 Å². The Morgan fingerprint density at radius 2 is 1.16 bits per heavy atom. The van der Waals surface area contributed by atoms with Gasteiger partial charge in [-0.15, -0.1) is 10.3 Å². The lowest BCUT2D eigenvalue weighted by atomic mass is 9.79. The molecule has 4 unspecified atom stereocenters. The van der Waals surface area contributed by atoms with Crippen molar-refractivity contribution in [2.75, 3.05) is 6.61 Å². The van der Waals surface area contributed by atoms with Gasteiger partial charge >= 0.3 is 5.97 Å². The van der Waals surface area contributed by atoms with Gasteiger partial charge in [-0.05, 0) is 47.0 Å². The molecule has 0 aromatic rings. The predicted octanol–water partition coefficient (Wildman–Crippen LogP) is 4.72. The first-order valence-electron chi connectivity index (χ1n) is 16.9. The van der Waals surface area contributed by atoms with Crippen molar-refractivity contribution >= 4 is 11.9 Å². The molecule has 4 atom stereocenters. The van der Waals surface area contributed by atoms with E-state index in [9.17, 15) is 35.2 Å². The second-order valence-electron chi connectivity index (χ2n) is 13.9. The van der Waals surface area contributed by atoms with E-state index in [4.69, 9.17) is 4.74 Å². The van der Waals surface area contributed by atoms with Crippen molar-refractivity contribution in [2.45, 2.75) is 192 Å². The van der Waals surface area contributed by atoms with Gasteiger partial charge in [-0.1, -0.05) is 96.8 Å². The highest BCUT2D eigenvalue weighted by atomic mass is 16.5. The van der Waals surface area contributed by atoms with Crippen LogP contribution in [-0.2, 0) is 19.5 Å². The number of hydrogen-bond donors (Lipinski definition) is 5. The van der Waals surface area contributed by atoms with Gasteiger partial charge in [-0.3, -0.25) is 9.59 Å². The van der Waals surface area contributed by atoms with Crippen molar-refractivity contribution in [1.82, 2.24) is 10.4 Å². The number of ether oxygens (including phenoxy) is 1. The average molecular weight is 616 g/mol. The van der Waals surface area contributed by atoms with Crippen LogP contribution in [0.1, 0.15) is 150 Å². The summed E-state index contributed by atoms with van der Waals surface area (Å²) in [5.74, 6) is -1.43. The molecule has 0 aliphatic carbocycles. The Morgan fingerprint density at radius 1 is 0.744 bits per heavy atom. The van der Waals surface area contributed by atoms with Crippen molar-refractivity contribution < 1.29 is 40.0 Å². The normalized spacial score (nSPS) is 19.9. The zero-order chi connectivity index (χ0) is 32.5.